The van der Waals surface area contributed by atoms with E-state index in [2.05, 4.69) is 9.71 Å². The average Bonchev–Trinajstić information content (AvgIpc) is 2.90. The van der Waals surface area contributed by atoms with E-state index in [4.69, 9.17) is 9.84 Å². The number of hydrogen-bond donors (Lipinski definition) is 2. The maximum absolute atomic E-state index is 12.7. The van der Waals surface area contributed by atoms with Crippen LogP contribution >= 0.6 is 9.24 Å². The van der Waals surface area contributed by atoms with E-state index in [9.17, 15) is 26.2 Å². The molecule has 0 spiro atoms. The predicted molar refractivity (Wildman–Crippen MR) is 162 cm³/mol. The number of nitrogens with one attached hydrogen (secondary N) is 1. The predicted octanol–water partition coefficient (Wildman–Crippen LogP) is 5.52. The van der Waals surface area contributed by atoms with Crippen molar-refractivity contribution in [2.45, 2.75) is 38.3 Å². The molecule has 2 aromatic carbocycles. The number of hydrogen-bond acceptors (Lipinski definition) is 7. The normalized spacial score (nSPS) is 14.7. The second-order valence-electron chi connectivity index (χ2n) is 9.02. The van der Waals surface area contributed by atoms with Gasteiger partial charge in [-0.15, -0.1) is 0 Å². The van der Waals surface area contributed by atoms with Crippen LogP contribution in [0.1, 0.15) is 36.7 Å². The molecular formula is C27H34F2N3O6PS2. The average molecular weight is 630 g/mol. The number of anilines is 1. The number of aromatic carboxylic acids is 1. The van der Waals surface area contributed by atoms with Gasteiger partial charge >= 0.3 is 5.97 Å². The minimum Gasteiger partial charge on any atom is -0.487 e. The van der Waals surface area contributed by atoms with E-state index in [0.717, 1.165) is 17.3 Å². The number of likely N-dealkylation sites (N-methyl/N-ethyl adjacent to an activating group) is 1. The van der Waals surface area contributed by atoms with Gasteiger partial charge in [0.15, 0.2) is 6.61 Å². The highest BCUT2D eigenvalue weighted by molar-refractivity contribution is 7.98. The molecule has 1 aliphatic rings. The molecule has 0 saturated carbocycles. The third kappa shape index (κ3) is 10.3. The highest BCUT2D eigenvalue weighted by atomic mass is 32.2. The molecule has 41 heavy (non-hydrogen) atoms. The highest BCUT2D eigenvalue weighted by Crippen LogP contribution is 2.29. The van der Waals surface area contributed by atoms with Crippen LogP contribution in [-0.4, -0.2) is 65.8 Å². The van der Waals surface area contributed by atoms with E-state index in [1.54, 1.807) is 32.0 Å². The maximum atomic E-state index is 12.7. The van der Waals surface area contributed by atoms with Crippen LogP contribution in [0.25, 0.3) is 0 Å². The summed E-state index contributed by atoms with van der Waals surface area (Å²) in [6, 6.07) is 10.3. The Kier molecular flexibility index (Phi) is 12.2. The van der Waals surface area contributed by atoms with E-state index >= 15 is 0 Å². The zero-order chi connectivity index (χ0) is 31.0. The number of carboxylic acids is 1. The quantitative estimate of drug-likeness (QED) is 0.202. The minimum absolute atomic E-state index is 0.124. The summed E-state index contributed by atoms with van der Waals surface area (Å²) in [5.74, 6) is -0.250. The van der Waals surface area contributed by atoms with E-state index < -0.39 is 39.1 Å². The molecule has 14 heteroatoms. The molecule has 0 bridgehead atoms. The van der Waals surface area contributed by atoms with Crippen molar-refractivity contribution < 1.29 is 36.0 Å². The first-order valence-corrected chi connectivity index (χ1v) is 15.8. The molecule has 3 rings (SSSR count). The van der Waals surface area contributed by atoms with Crippen molar-refractivity contribution in [2.75, 3.05) is 30.7 Å². The number of allylic oxidation sites excluding steroid dienone is 2. The van der Waals surface area contributed by atoms with E-state index in [1.165, 1.54) is 33.0 Å². The number of alkyl halides is 2. The lowest BCUT2D eigenvalue weighted by molar-refractivity contribution is 0.0189. The molecule has 2 N–H and O–H groups in total. The number of rotatable bonds is 10. The van der Waals surface area contributed by atoms with Crippen LogP contribution in [0.15, 0.2) is 75.5 Å². The number of aryl methyl sites for hydroxylation is 1. The Morgan fingerprint density at radius 3 is 2.51 bits per heavy atom. The topological polar surface area (TPSA) is 125 Å². The third-order valence-corrected chi connectivity index (χ3v) is 8.51. The lowest BCUT2D eigenvalue weighted by Crippen LogP contribution is -2.24. The Hall–Kier alpha value is -3.15. The first-order chi connectivity index (χ1) is 19.1. The van der Waals surface area contributed by atoms with Crippen molar-refractivity contribution in [2.24, 2.45) is 4.99 Å². The van der Waals surface area contributed by atoms with Crippen molar-refractivity contribution in [1.29, 1.82) is 0 Å². The van der Waals surface area contributed by atoms with Gasteiger partial charge in [-0.1, -0.05) is 34.4 Å². The van der Waals surface area contributed by atoms with Crippen LogP contribution in [0.2, 0.25) is 0 Å². The summed E-state index contributed by atoms with van der Waals surface area (Å²) in [5, 5.41) is 9.08. The molecule has 2 unspecified atom stereocenters. The summed E-state index contributed by atoms with van der Waals surface area (Å²) in [4.78, 5) is 17.1. The zero-order valence-corrected chi connectivity index (χ0v) is 26.1. The monoisotopic (exact) mass is 629 g/mol. The molecular weight excluding hydrogens is 595 g/mol. The second kappa shape index (κ2) is 14.7. The van der Waals surface area contributed by atoms with Crippen molar-refractivity contribution in [3.05, 3.63) is 76.7 Å². The second-order valence-corrected chi connectivity index (χ2v) is 13.1. The molecule has 0 aromatic heterocycles. The summed E-state index contributed by atoms with van der Waals surface area (Å²) in [5.41, 5.74) is 1.16. The van der Waals surface area contributed by atoms with Crippen LogP contribution in [0.3, 0.4) is 0 Å². The molecule has 0 saturated heterocycles. The summed E-state index contributed by atoms with van der Waals surface area (Å²) >= 11 is 0. The Balaban J connectivity index is 0.000000333. The maximum Gasteiger partial charge on any atom is 0.335 e. The van der Waals surface area contributed by atoms with Crippen molar-refractivity contribution in [3.8, 4) is 0 Å². The van der Waals surface area contributed by atoms with Crippen molar-refractivity contribution in [3.63, 3.8) is 0 Å². The number of benzene rings is 2. The molecule has 0 radical (unpaired) electrons. The van der Waals surface area contributed by atoms with Gasteiger partial charge in [0.1, 0.15) is 5.76 Å². The van der Waals surface area contributed by atoms with Gasteiger partial charge in [0.2, 0.25) is 0 Å². The Labute approximate surface area is 244 Å². The van der Waals surface area contributed by atoms with Crippen molar-refractivity contribution >= 4 is 53.0 Å². The summed E-state index contributed by atoms with van der Waals surface area (Å²) in [6.07, 6.45) is 1.82. The Morgan fingerprint density at radius 2 is 1.90 bits per heavy atom. The molecule has 9 nitrogen and oxygen atoms in total. The molecule has 224 valence electrons. The first kappa shape index (κ1) is 34.1. The smallest absolute Gasteiger partial charge is 0.335 e. The lowest BCUT2D eigenvalue weighted by Gasteiger charge is -2.27. The molecule has 0 aliphatic carbocycles. The fourth-order valence-electron chi connectivity index (χ4n) is 3.40. The number of aliphatic imine (C=N–C) groups is 1. The van der Waals surface area contributed by atoms with Crippen LogP contribution in [0.5, 0.6) is 0 Å². The Bertz CT molecular complexity index is 1490. The largest absolute Gasteiger partial charge is 0.487 e. The van der Waals surface area contributed by atoms with Gasteiger partial charge in [0.25, 0.3) is 15.7 Å². The molecule has 2 aromatic rings. The van der Waals surface area contributed by atoms with Crippen LogP contribution in [0.4, 0.5) is 20.2 Å². The molecule has 2 atom stereocenters. The lowest BCUT2D eigenvalue weighted by atomic mass is 10.1. The van der Waals surface area contributed by atoms with E-state index in [-0.39, 0.29) is 16.1 Å². The van der Waals surface area contributed by atoms with Gasteiger partial charge in [-0.3, -0.25) is 8.93 Å². The fraction of sp³-hybridized carbons (Fsp3) is 0.333. The highest BCUT2D eigenvalue weighted by Gasteiger charge is 2.24. The summed E-state index contributed by atoms with van der Waals surface area (Å²) in [6.45, 7) is 7.24. The van der Waals surface area contributed by atoms with Crippen LogP contribution in [0, 0.1) is 6.92 Å². The molecule has 1 aliphatic heterocycles. The van der Waals surface area contributed by atoms with Crippen LogP contribution in [-0.2, 0) is 25.6 Å². The van der Waals surface area contributed by atoms with Gasteiger partial charge in [-0.05, 0) is 56.7 Å². The third-order valence-electron chi connectivity index (χ3n) is 5.92. The molecule has 1 heterocycles. The number of para-hydroxylation sites is 2. The molecule has 0 fully saturated rings. The fourth-order valence-corrected chi connectivity index (χ4v) is 5.21. The Morgan fingerprint density at radius 1 is 1.24 bits per heavy atom. The van der Waals surface area contributed by atoms with Crippen LogP contribution < -0.4 is 4.72 Å². The van der Waals surface area contributed by atoms with E-state index in [1.807, 2.05) is 31.9 Å². The van der Waals surface area contributed by atoms with Gasteiger partial charge < -0.3 is 14.7 Å². The zero-order valence-electron chi connectivity index (χ0n) is 23.4. The van der Waals surface area contributed by atoms with Crippen molar-refractivity contribution in [1.82, 2.24) is 4.90 Å². The number of carbonyl (C=O) groups is 1. The number of halogens is 2. The number of carboxylic acid groups (broad SMARTS) is 1. The summed E-state index contributed by atoms with van der Waals surface area (Å²) < 4.78 is 69.6. The van der Waals surface area contributed by atoms with Gasteiger partial charge in [0, 0.05) is 30.6 Å². The number of nitrogens with zero attached hydrogens (tertiary/aromatic N) is 2. The van der Waals surface area contributed by atoms with Gasteiger partial charge in [-0.2, -0.15) is 8.78 Å². The first-order valence-electron chi connectivity index (χ1n) is 12.3. The van der Waals surface area contributed by atoms with Gasteiger partial charge in [-0.25, -0.2) is 18.2 Å². The summed E-state index contributed by atoms with van der Waals surface area (Å²) in [7, 11) is -1.85. The number of sulfonamides is 1. The standard InChI is InChI=1S/C17H18N2O5S2.C10H16F2NOP/c1-3-25(22)11-18-14-6-4-5-7-15(14)19-26(23,24)16-10-13(17(20)21)9-8-12(16)2;1-7-8(2)13(3)5-4-9(7)14-6-10(11,12)15/h4-11,19H,3H2,1-2H3,(H,20,21);4H,5-6,15H2,1-3H3. The van der Waals surface area contributed by atoms with E-state index in [0.29, 0.717) is 29.3 Å². The molecule has 0 amide bonds. The SMILES string of the molecule is CC1=C(C)N(C)CC=C1OCC(F)(F)P.CCS(=O)C=Nc1ccccc1NS(=O)(=O)c1cc(C(=O)O)ccc1C. The minimum atomic E-state index is -4.03. The number of ether oxygens (including phenoxy) is 1. The van der Waals surface area contributed by atoms with Gasteiger partial charge in [0.05, 0.1) is 38.2 Å².